The fourth-order valence-electron chi connectivity index (χ4n) is 3.18. The third-order valence-corrected chi connectivity index (χ3v) is 5.25. The van der Waals surface area contributed by atoms with Gasteiger partial charge in [-0.2, -0.15) is 4.98 Å². The molecule has 4 nitrogen and oxygen atoms in total. The van der Waals surface area contributed by atoms with Crippen LogP contribution >= 0.6 is 12.6 Å². The zero-order valence-corrected chi connectivity index (χ0v) is 15.7. The van der Waals surface area contributed by atoms with Crippen molar-refractivity contribution in [2.24, 2.45) is 0 Å². The molecular formula is C21H23N3OS. The van der Waals surface area contributed by atoms with Gasteiger partial charge in [0.25, 0.3) is 0 Å². The number of thiol groups is 1. The van der Waals surface area contributed by atoms with Crippen molar-refractivity contribution in [2.45, 2.75) is 37.1 Å². The second-order valence-corrected chi connectivity index (χ2v) is 6.98. The fourth-order valence-corrected chi connectivity index (χ4v) is 3.41. The Bertz CT molecular complexity index is 937. The van der Waals surface area contributed by atoms with Crippen molar-refractivity contribution < 1.29 is 0 Å². The van der Waals surface area contributed by atoms with E-state index >= 15 is 0 Å². The van der Waals surface area contributed by atoms with Crippen molar-refractivity contribution >= 4 is 18.4 Å². The molecule has 1 atom stereocenters. The lowest BCUT2D eigenvalue weighted by Crippen LogP contribution is -2.26. The molecule has 3 rings (SSSR count). The van der Waals surface area contributed by atoms with E-state index in [1.165, 1.54) is 16.7 Å². The maximum atomic E-state index is 12.1. The highest BCUT2D eigenvalue weighted by molar-refractivity contribution is 7.80. The molecule has 2 N–H and O–H groups in total. The highest BCUT2D eigenvalue weighted by Crippen LogP contribution is 2.26. The van der Waals surface area contributed by atoms with Crippen molar-refractivity contribution in [2.75, 3.05) is 5.73 Å². The maximum Gasteiger partial charge on any atom is 0.349 e. The molecule has 1 aromatic heterocycles. The molecule has 5 heteroatoms. The van der Waals surface area contributed by atoms with Gasteiger partial charge in [0, 0.05) is 23.6 Å². The third kappa shape index (κ3) is 4.35. The molecule has 2 aromatic carbocycles. The van der Waals surface area contributed by atoms with Crippen LogP contribution in [-0.4, -0.2) is 9.55 Å². The van der Waals surface area contributed by atoms with Gasteiger partial charge in [-0.3, -0.25) is 4.57 Å². The fraction of sp³-hybridized carbons (Fsp3) is 0.238. The van der Waals surface area contributed by atoms with E-state index in [0.717, 1.165) is 17.7 Å². The molecule has 0 spiro atoms. The lowest BCUT2D eigenvalue weighted by atomic mass is 9.91. The summed E-state index contributed by atoms with van der Waals surface area (Å²) in [5.74, 6) is 0.464. The van der Waals surface area contributed by atoms with Crippen LogP contribution in [0, 0.1) is 6.92 Å². The summed E-state index contributed by atoms with van der Waals surface area (Å²) < 4.78 is 1.63. The Morgan fingerprint density at radius 2 is 1.88 bits per heavy atom. The van der Waals surface area contributed by atoms with Crippen LogP contribution < -0.4 is 11.4 Å². The summed E-state index contributed by atoms with van der Waals surface area (Å²) in [7, 11) is 0. The topological polar surface area (TPSA) is 60.9 Å². The number of nitrogen functional groups attached to an aromatic ring is 1. The number of hydrogen-bond donors (Lipinski definition) is 2. The third-order valence-electron chi connectivity index (χ3n) is 4.76. The molecule has 0 aliphatic heterocycles. The summed E-state index contributed by atoms with van der Waals surface area (Å²) in [5, 5.41) is 0. The van der Waals surface area contributed by atoms with Gasteiger partial charge in [0.05, 0.1) is 0 Å². The van der Waals surface area contributed by atoms with Gasteiger partial charge in [0.2, 0.25) is 0 Å². The lowest BCUT2D eigenvalue weighted by Gasteiger charge is -2.19. The average Bonchev–Trinajstić information content (AvgIpc) is 2.64. The summed E-state index contributed by atoms with van der Waals surface area (Å²) in [6.07, 6.45) is 3.58. The Morgan fingerprint density at radius 3 is 2.62 bits per heavy atom. The Balaban J connectivity index is 1.84. The first-order valence-electron chi connectivity index (χ1n) is 8.70. The van der Waals surface area contributed by atoms with Crippen molar-refractivity contribution in [3.63, 3.8) is 0 Å². The normalized spacial score (nSPS) is 12.1. The molecule has 1 unspecified atom stereocenters. The number of aromatic nitrogens is 2. The molecule has 1 heterocycles. The van der Waals surface area contributed by atoms with E-state index in [2.05, 4.69) is 42.7 Å². The summed E-state index contributed by atoms with van der Waals surface area (Å²) >= 11 is 4.52. The lowest BCUT2D eigenvalue weighted by molar-refractivity contribution is 0.507. The average molecular weight is 366 g/mol. The second-order valence-electron chi connectivity index (χ2n) is 6.49. The standard InChI is InChI=1S/C21H23N3OS/c1-15-16(8-5-9-19(15)26)10-11-18(17-6-3-2-4-7-17)14-24-13-12-20(22)23-21(24)25/h2-9,12-13,18,26H,10-11,14H2,1H3,(H2,22,23,25). The summed E-state index contributed by atoms with van der Waals surface area (Å²) in [6.45, 7) is 2.68. The van der Waals surface area contributed by atoms with E-state index < -0.39 is 0 Å². The van der Waals surface area contributed by atoms with E-state index in [9.17, 15) is 4.79 Å². The summed E-state index contributed by atoms with van der Waals surface area (Å²) in [6, 6.07) is 18.2. The monoisotopic (exact) mass is 365 g/mol. The van der Waals surface area contributed by atoms with Crippen LogP contribution in [0.5, 0.6) is 0 Å². The molecule has 3 aromatic rings. The Kier molecular flexibility index (Phi) is 5.78. The molecule has 134 valence electrons. The van der Waals surface area contributed by atoms with Crippen LogP contribution in [0.4, 0.5) is 5.82 Å². The van der Waals surface area contributed by atoms with Crippen molar-refractivity contribution in [3.05, 3.63) is 88.0 Å². The number of benzene rings is 2. The smallest absolute Gasteiger partial charge is 0.349 e. The van der Waals surface area contributed by atoms with Crippen LogP contribution in [0.25, 0.3) is 0 Å². The van der Waals surface area contributed by atoms with Gasteiger partial charge in [-0.05, 0) is 48.6 Å². The number of nitrogens with zero attached hydrogens (tertiary/aromatic N) is 2. The molecule has 0 bridgehead atoms. The minimum Gasteiger partial charge on any atom is -0.383 e. The van der Waals surface area contributed by atoms with E-state index in [0.29, 0.717) is 6.54 Å². The number of nitrogens with two attached hydrogens (primary N) is 1. The van der Waals surface area contributed by atoms with Crippen LogP contribution in [0.15, 0.2) is 70.5 Å². The van der Waals surface area contributed by atoms with Crippen molar-refractivity contribution in [1.82, 2.24) is 9.55 Å². The SMILES string of the molecule is Cc1c(S)cccc1CCC(Cn1ccc(N)nc1=O)c1ccccc1. The van der Waals surface area contributed by atoms with Gasteiger partial charge >= 0.3 is 5.69 Å². The highest BCUT2D eigenvalue weighted by atomic mass is 32.1. The van der Waals surface area contributed by atoms with Gasteiger partial charge in [0.15, 0.2) is 0 Å². The van der Waals surface area contributed by atoms with Crippen LogP contribution in [0.2, 0.25) is 0 Å². The number of aryl methyl sites for hydroxylation is 1. The summed E-state index contributed by atoms with van der Waals surface area (Å²) in [5.41, 5.74) is 9.03. The van der Waals surface area contributed by atoms with Crippen molar-refractivity contribution in [3.8, 4) is 0 Å². The van der Waals surface area contributed by atoms with Crippen LogP contribution in [0.1, 0.15) is 29.0 Å². The number of hydrogen-bond acceptors (Lipinski definition) is 4. The molecule has 0 saturated carbocycles. The van der Waals surface area contributed by atoms with E-state index in [-0.39, 0.29) is 17.4 Å². The largest absolute Gasteiger partial charge is 0.383 e. The van der Waals surface area contributed by atoms with E-state index in [4.69, 9.17) is 5.73 Å². The molecule has 26 heavy (non-hydrogen) atoms. The Hall–Kier alpha value is -2.53. The molecule has 0 amide bonds. The molecule has 0 radical (unpaired) electrons. The van der Waals surface area contributed by atoms with Crippen LogP contribution in [-0.2, 0) is 13.0 Å². The van der Waals surface area contributed by atoms with Crippen LogP contribution in [0.3, 0.4) is 0 Å². The Morgan fingerprint density at radius 1 is 1.12 bits per heavy atom. The highest BCUT2D eigenvalue weighted by Gasteiger charge is 2.14. The second kappa shape index (κ2) is 8.23. The zero-order valence-electron chi connectivity index (χ0n) is 14.8. The molecule has 0 aliphatic rings. The van der Waals surface area contributed by atoms with Gasteiger partial charge in [-0.25, -0.2) is 4.79 Å². The van der Waals surface area contributed by atoms with Gasteiger partial charge < -0.3 is 5.73 Å². The molecular weight excluding hydrogens is 342 g/mol. The minimum atomic E-state index is -0.306. The minimum absolute atomic E-state index is 0.210. The van der Waals surface area contributed by atoms with E-state index in [1.807, 2.05) is 30.3 Å². The van der Waals surface area contributed by atoms with Gasteiger partial charge in [-0.1, -0.05) is 42.5 Å². The van der Waals surface area contributed by atoms with Gasteiger partial charge in [0.1, 0.15) is 5.82 Å². The predicted octanol–water partition coefficient (Wildman–Crippen LogP) is 3.84. The molecule has 0 aliphatic carbocycles. The number of rotatable bonds is 6. The maximum absolute atomic E-state index is 12.1. The molecule has 0 saturated heterocycles. The molecule has 0 fully saturated rings. The van der Waals surface area contributed by atoms with Crippen molar-refractivity contribution in [1.29, 1.82) is 0 Å². The Labute approximate surface area is 159 Å². The van der Waals surface area contributed by atoms with E-state index in [1.54, 1.807) is 16.8 Å². The number of anilines is 1. The quantitative estimate of drug-likeness (QED) is 0.653. The zero-order chi connectivity index (χ0) is 18.5. The predicted molar refractivity (Wildman–Crippen MR) is 109 cm³/mol. The first-order valence-corrected chi connectivity index (χ1v) is 9.14. The summed E-state index contributed by atoms with van der Waals surface area (Å²) in [4.78, 5) is 17.0. The van der Waals surface area contributed by atoms with Gasteiger partial charge in [-0.15, -0.1) is 12.6 Å². The first kappa shape index (κ1) is 18.3. The first-order chi connectivity index (χ1) is 12.5.